The first-order valence-corrected chi connectivity index (χ1v) is 11.9. The Morgan fingerprint density at radius 2 is 1.91 bits per heavy atom. The van der Waals surface area contributed by atoms with Crippen LogP contribution in [0.25, 0.3) is 22.0 Å². The maximum Gasteiger partial charge on any atom is 0.228 e. The molecule has 2 fully saturated rings. The second-order valence-electron chi connectivity index (χ2n) is 9.51. The summed E-state index contributed by atoms with van der Waals surface area (Å²) >= 11 is 0. The zero-order valence-electron chi connectivity index (χ0n) is 18.3. The van der Waals surface area contributed by atoms with Gasteiger partial charge in [-0.3, -0.25) is 9.78 Å². The molecule has 1 aliphatic heterocycles. The minimum Gasteiger partial charge on any atom is -0.369 e. The standard InChI is InChI=1S/C26H29N5O/c27-19-10-12-31(15-19)25-20-3-1-2-4-22(20)29-23-8-7-17(13-21(23)25)18-9-11-28-24(14-18)30-26(32)16-5-6-16/h7-9,11,13-14,16,19H,1-6,10,12,15,27H2,(H,28,30,32)/t19-/m0/s1. The predicted octanol–water partition coefficient (Wildman–Crippen LogP) is 4.06. The molecule has 6 heteroatoms. The number of rotatable bonds is 4. The van der Waals surface area contributed by atoms with Gasteiger partial charge >= 0.3 is 0 Å². The number of benzene rings is 1. The quantitative estimate of drug-likeness (QED) is 0.656. The Morgan fingerprint density at radius 1 is 1.06 bits per heavy atom. The van der Waals surface area contributed by atoms with Gasteiger partial charge in [0.25, 0.3) is 0 Å². The number of aromatic nitrogens is 2. The summed E-state index contributed by atoms with van der Waals surface area (Å²) in [4.78, 5) is 24.1. The number of carbonyl (C=O) groups is 1. The zero-order valence-corrected chi connectivity index (χ0v) is 18.3. The van der Waals surface area contributed by atoms with E-state index in [1.807, 2.05) is 12.1 Å². The van der Waals surface area contributed by atoms with E-state index in [9.17, 15) is 4.79 Å². The summed E-state index contributed by atoms with van der Waals surface area (Å²) in [5.74, 6) is 0.859. The molecule has 3 aliphatic rings. The lowest BCUT2D eigenvalue weighted by Crippen LogP contribution is -2.28. The van der Waals surface area contributed by atoms with Crippen LogP contribution in [0.1, 0.15) is 43.4 Å². The van der Waals surface area contributed by atoms with Crippen molar-refractivity contribution in [2.75, 3.05) is 23.3 Å². The maximum atomic E-state index is 12.2. The fraction of sp³-hybridized carbons (Fsp3) is 0.423. The fourth-order valence-electron chi connectivity index (χ4n) is 5.18. The number of nitrogens with zero attached hydrogens (tertiary/aromatic N) is 3. The first-order valence-electron chi connectivity index (χ1n) is 11.9. The number of aryl methyl sites for hydroxylation is 1. The van der Waals surface area contributed by atoms with Crippen LogP contribution < -0.4 is 16.0 Å². The normalized spacial score (nSPS) is 20.4. The Balaban J connectivity index is 1.43. The van der Waals surface area contributed by atoms with E-state index in [2.05, 4.69) is 33.4 Å². The molecule has 3 heterocycles. The summed E-state index contributed by atoms with van der Waals surface area (Å²) in [5, 5.41) is 4.17. The smallest absolute Gasteiger partial charge is 0.228 e. The molecule has 3 N–H and O–H groups in total. The van der Waals surface area contributed by atoms with Crippen molar-refractivity contribution in [3.8, 4) is 11.1 Å². The average molecular weight is 428 g/mol. The highest BCUT2D eigenvalue weighted by molar-refractivity contribution is 5.98. The van der Waals surface area contributed by atoms with Gasteiger partial charge in [-0.05, 0) is 85.9 Å². The molecular weight excluding hydrogens is 398 g/mol. The van der Waals surface area contributed by atoms with Gasteiger partial charge < -0.3 is 16.0 Å². The van der Waals surface area contributed by atoms with Crippen molar-refractivity contribution in [3.63, 3.8) is 0 Å². The Bertz CT molecular complexity index is 1200. The molecule has 2 aromatic heterocycles. The van der Waals surface area contributed by atoms with E-state index >= 15 is 0 Å². The summed E-state index contributed by atoms with van der Waals surface area (Å²) in [5.41, 5.74) is 13.5. The molecule has 1 aromatic carbocycles. The lowest BCUT2D eigenvalue weighted by molar-refractivity contribution is -0.117. The molecule has 0 radical (unpaired) electrons. The fourth-order valence-corrected chi connectivity index (χ4v) is 5.18. The molecule has 1 saturated heterocycles. The van der Waals surface area contributed by atoms with Crippen LogP contribution in [0.5, 0.6) is 0 Å². The Kier molecular flexibility index (Phi) is 4.83. The minimum absolute atomic E-state index is 0.0802. The minimum atomic E-state index is 0.0802. The van der Waals surface area contributed by atoms with Crippen LogP contribution >= 0.6 is 0 Å². The Hall–Kier alpha value is -2.99. The predicted molar refractivity (Wildman–Crippen MR) is 128 cm³/mol. The molecular formula is C26H29N5O. The van der Waals surface area contributed by atoms with E-state index < -0.39 is 0 Å². The van der Waals surface area contributed by atoms with Crippen molar-refractivity contribution in [1.29, 1.82) is 0 Å². The third-order valence-electron chi connectivity index (χ3n) is 7.07. The number of carbonyl (C=O) groups excluding carboxylic acids is 1. The number of nitrogens with two attached hydrogens (primary N) is 1. The SMILES string of the molecule is N[C@H]1CCN(c2c3c(nc4ccc(-c5ccnc(NC(=O)C6CC6)c5)cc24)CCCC3)C1. The first kappa shape index (κ1) is 19.7. The zero-order chi connectivity index (χ0) is 21.7. The van der Waals surface area contributed by atoms with E-state index in [0.717, 1.165) is 61.8 Å². The highest BCUT2D eigenvalue weighted by Crippen LogP contribution is 2.39. The van der Waals surface area contributed by atoms with Gasteiger partial charge in [-0.25, -0.2) is 4.98 Å². The first-order chi connectivity index (χ1) is 15.7. The molecule has 32 heavy (non-hydrogen) atoms. The van der Waals surface area contributed by atoms with E-state index in [-0.39, 0.29) is 17.9 Å². The lowest BCUT2D eigenvalue weighted by atomic mass is 9.91. The largest absolute Gasteiger partial charge is 0.369 e. The highest BCUT2D eigenvalue weighted by Gasteiger charge is 2.30. The molecule has 6 rings (SSSR count). The van der Waals surface area contributed by atoms with Gasteiger partial charge in [-0.1, -0.05) is 6.07 Å². The number of hydrogen-bond donors (Lipinski definition) is 2. The number of pyridine rings is 2. The lowest BCUT2D eigenvalue weighted by Gasteiger charge is -2.28. The molecule has 0 unspecified atom stereocenters. The van der Waals surface area contributed by atoms with Crippen molar-refractivity contribution < 1.29 is 4.79 Å². The number of amides is 1. The number of nitrogens with one attached hydrogen (secondary N) is 1. The van der Waals surface area contributed by atoms with Gasteiger partial charge in [0, 0.05) is 42.3 Å². The topological polar surface area (TPSA) is 84.1 Å². The second-order valence-corrected chi connectivity index (χ2v) is 9.51. The molecule has 1 amide bonds. The van der Waals surface area contributed by atoms with E-state index in [4.69, 9.17) is 10.7 Å². The number of anilines is 2. The Labute approximate surface area is 188 Å². The van der Waals surface area contributed by atoms with Crippen molar-refractivity contribution in [3.05, 3.63) is 47.8 Å². The summed E-state index contributed by atoms with van der Waals surface area (Å²) in [6.45, 7) is 1.91. The van der Waals surface area contributed by atoms with Crippen LogP contribution in [0.15, 0.2) is 36.5 Å². The summed E-state index contributed by atoms with van der Waals surface area (Å²) in [6, 6.07) is 10.7. The molecule has 0 spiro atoms. The van der Waals surface area contributed by atoms with Crippen LogP contribution in [0.3, 0.4) is 0 Å². The van der Waals surface area contributed by atoms with Gasteiger partial charge in [0.05, 0.1) is 11.2 Å². The molecule has 3 aromatic rings. The van der Waals surface area contributed by atoms with Crippen LogP contribution in [-0.2, 0) is 17.6 Å². The van der Waals surface area contributed by atoms with Crippen LogP contribution in [-0.4, -0.2) is 35.0 Å². The molecule has 2 aliphatic carbocycles. The van der Waals surface area contributed by atoms with Gasteiger partial charge in [-0.2, -0.15) is 0 Å². The van der Waals surface area contributed by atoms with Crippen LogP contribution in [0.4, 0.5) is 11.5 Å². The average Bonchev–Trinajstić information content (AvgIpc) is 3.58. The highest BCUT2D eigenvalue weighted by atomic mass is 16.2. The number of fused-ring (bicyclic) bond motifs is 2. The van der Waals surface area contributed by atoms with Gasteiger partial charge in [-0.15, -0.1) is 0 Å². The number of hydrogen-bond acceptors (Lipinski definition) is 5. The third kappa shape index (κ3) is 3.62. The summed E-state index contributed by atoms with van der Waals surface area (Å²) in [6.07, 6.45) is 9.37. The third-order valence-corrected chi connectivity index (χ3v) is 7.07. The van der Waals surface area contributed by atoms with Crippen LogP contribution in [0, 0.1) is 5.92 Å². The van der Waals surface area contributed by atoms with E-state index in [1.54, 1.807) is 6.20 Å². The monoisotopic (exact) mass is 427 g/mol. The van der Waals surface area contributed by atoms with Gasteiger partial charge in [0.2, 0.25) is 5.91 Å². The molecule has 164 valence electrons. The second kappa shape index (κ2) is 7.85. The molecule has 1 atom stereocenters. The van der Waals surface area contributed by atoms with Crippen molar-refractivity contribution in [2.24, 2.45) is 11.7 Å². The molecule has 6 nitrogen and oxygen atoms in total. The Morgan fingerprint density at radius 3 is 2.72 bits per heavy atom. The molecule has 0 bridgehead atoms. The van der Waals surface area contributed by atoms with Crippen molar-refractivity contribution in [2.45, 2.75) is 51.0 Å². The van der Waals surface area contributed by atoms with Crippen molar-refractivity contribution in [1.82, 2.24) is 9.97 Å². The summed E-state index contributed by atoms with van der Waals surface area (Å²) < 4.78 is 0. The summed E-state index contributed by atoms with van der Waals surface area (Å²) in [7, 11) is 0. The van der Waals surface area contributed by atoms with E-state index in [1.165, 1.54) is 35.2 Å². The van der Waals surface area contributed by atoms with Crippen LogP contribution in [0.2, 0.25) is 0 Å². The van der Waals surface area contributed by atoms with Gasteiger partial charge in [0.15, 0.2) is 0 Å². The van der Waals surface area contributed by atoms with Crippen molar-refractivity contribution >= 4 is 28.3 Å². The maximum absolute atomic E-state index is 12.2. The van der Waals surface area contributed by atoms with E-state index in [0.29, 0.717) is 5.82 Å². The molecule has 1 saturated carbocycles. The van der Waals surface area contributed by atoms with Gasteiger partial charge in [0.1, 0.15) is 5.82 Å².